The van der Waals surface area contributed by atoms with Crippen LogP contribution in [0.3, 0.4) is 0 Å². The van der Waals surface area contributed by atoms with E-state index in [1.54, 1.807) is 12.7 Å². The van der Waals surface area contributed by atoms with Gasteiger partial charge < -0.3 is 9.47 Å². The second-order valence-electron chi connectivity index (χ2n) is 7.91. The summed E-state index contributed by atoms with van der Waals surface area (Å²) >= 11 is 0. The van der Waals surface area contributed by atoms with Crippen LogP contribution in [0.25, 0.3) is 0 Å². The first-order valence-electron chi connectivity index (χ1n) is 9.38. The number of rotatable bonds is 4. The Hall–Kier alpha value is -2.02. The van der Waals surface area contributed by atoms with Crippen molar-refractivity contribution in [2.75, 3.05) is 31.1 Å². The van der Waals surface area contributed by atoms with Crippen LogP contribution in [0.15, 0.2) is 18.7 Å². The van der Waals surface area contributed by atoms with Gasteiger partial charge in [0, 0.05) is 50.9 Å². The van der Waals surface area contributed by atoms with E-state index in [-0.39, 0.29) is 0 Å². The van der Waals surface area contributed by atoms with E-state index in [1.165, 1.54) is 25.0 Å². The minimum Gasteiger partial charge on any atom is -0.356 e. The van der Waals surface area contributed by atoms with Crippen molar-refractivity contribution in [2.45, 2.75) is 31.7 Å². The van der Waals surface area contributed by atoms with E-state index in [1.807, 2.05) is 11.6 Å². The van der Waals surface area contributed by atoms with Gasteiger partial charge in [0.15, 0.2) is 0 Å². The van der Waals surface area contributed by atoms with E-state index in [0.717, 1.165) is 56.2 Å². The number of likely N-dealkylation sites (tertiary alicyclic amines) is 1. The lowest BCUT2D eigenvalue weighted by Crippen LogP contribution is -2.30. The summed E-state index contributed by atoms with van der Waals surface area (Å²) in [7, 11) is 2.02. The molecular formula is C18H25N7. The smallest absolute Gasteiger partial charge is 0.146 e. The zero-order chi connectivity index (χ0) is 16.8. The summed E-state index contributed by atoms with van der Waals surface area (Å²) in [4.78, 5) is 14.1. The van der Waals surface area contributed by atoms with Crippen LogP contribution in [-0.4, -0.2) is 55.8 Å². The lowest BCUT2D eigenvalue weighted by atomic mass is 9.83. The zero-order valence-corrected chi connectivity index (χ0v) is 14.8. The van der Waals surface area contributed by atoms with Gasteiger partial charge in [-0.3, -0.25) is 4.90 Å². The lowest BCUT2D eigenvalue weighted by Gasteiger charge is -2.26. The Balaban J connectivity index is 1.23. The molecule has 0 N–H and O–H groups in total. The Morgan fingerprint density at radius 3 is 2.52 bits per heavy atom. The average molecular weight is 339 g/mol. The summed E-state index contributed by atoms with van der Waals surface area (Å²) in [6, 6.07) is 2.24. The molecule has 1 saturated carbocycles. The molecule has 2 aromatic rings. The summed E-state index contributed by atoms with van der Waals surface area (Å²) in [5.41, 5.74) is 1.25. The van der Waals surface area contributed by atoms with Crippen molar-refractivity contribution in [1.29, 1.82) is 0 Å². The molecule has 0 amide bonds. The summed E-state index contributed by atoms with van der Waals surface area (Å²) < 4.78 is 2.02. The molecule has 3 aliphatic rings. The molecule has 5 rings (SSSR count). The summed E-state index contributed by atoms with van der Waals surface area (Å²) in [5.74, 6) is 4.32. The van der Waals surface area contributed by atoms with Crippen LogP contribution in [0.2, 0.25) is 0 Å². The Kier molecular flexibility index (Phi) is 3.69. The quantitative estimate of drug-likeness (QED) is 0.840. The van der Waals surface area contributed by atoms with Crippen LogP contribution in [0.4, 0.5) is 5.82 Å². The number of hydrogen-bond acceptors (Lipinski definition) is 6. The molecule has 2 aliphatic heterocycles. The third-order valence-corrected chi connectivity index (χ3v) is 6.25. The van der Waals surface area contributed by atoms with Gasteiger partial charge in [0.1, 0.15) is 24.3 Å². The second-order valence-corrected chi connectivity index (χ2v) is 7.91. The molecule has 2 atom stereocenters. The average Bonchev–Trinajstić information content (AvgIpc) is 3.22. The Morgan fingerprint density at radius 2 is 1.88 bits per heavy atom. The SMILES string of the molecule is Cn1cnnc1CN1CC2CN(c3cc(C4CCC4)ncn3)CC2C1. The van der Waals surface area contributed by atoms with E-state index >= 15 is 0 Å². The molecule has 0 spiro atoms. The molecule has 0 aromatic carbocycles. The van der Waals surface area contributed by atoms with Crippen LogP contribution >= 0.6 is 0 Å². The Labute approximate surface area is 148 Å². The third-order valence-electron chi connectivity index (χ3n) is 6.25. The van der Waals surface area contributed by atoms with Gasteiger partial charge >= 0.3 is 0 Å². The van der Waals surface area contributed by atoms with Crippen molar-refractivity contribution < 1.29 is 0 Å². The molecule has 7 nitrogen and oxygen atoms in total. The van der Waals surface area contributed by atoms with Gasteiger partial charge in [-0.25, -0.2) is 9.97 Å². The number of aryl methyl sites for hydroxylation is 1. The van der Waals surface area contributed by atoms with Crippen LogP contribution in [-0.2, 0) is 13.6 Å². The van der Waals surface area contributed by atoms with Crippen LogP contribution in [0.1, 0.15) is 36.7 Å². The van der Waals surface area contributed by atoms with E-state index < -0.39 is 0 Å². The standard InChI is InChI=1S/C18H25N7/c1-23-12-21-22-18(23)10-24-6-14-8-25(9-15(14)7-24)17-5-16(19-11-20-17)13-3-2-4-13/h5,11-15H,2-4,6-10H2,1H3. The first kappa shape index (κ1) is 15.3. The van der Waals surface area contributed by atoms with Crippen LogP contribution in [0.5, 0.6) is 0 Å². The second kappa shape index (κ2) is 6.05. The maximum Gasteiger partial charge on any atom is 0.146 e. The molecule has 0 radical (unpaired) electrons. The normalized spacial score (nSPS) is 26.8. The predicted molar refractivity (Wildman–Crippen MR) is 94.1 cm³/mol. The molecule has 1 aliphatic carbocycles. The summed E-state index contributed by atoms with van der Waals surface area (Å²) in [5, 5.41) is 8.21. The Bertz CT molecular complexity index is 739. The molecular weight excluding hydrogens is 314 g/mol. The molecule has 0 bridgehead atoms. The molecule has 7 heteroatoms. The number of hydrogen-bond donors (Lipinski definition) is 0. The lowest BCUT2D eigenvalue weighted by molar-refractivity contribution is 0.297. The number of aromatic nitrogens is 5. The van der Waals surface area contributed by atoms with Gasteiger partial charge in [-0.1, -0.05) is 6.42 Å². The number of fused-ring (bicyclic) bond motifs is 1. The first-order chi connectivity index (χ1) is 12.3. The number of nitrogens with zero attached hydrogens (tertiary/aromatic N) is 7. The highest BCUT2D eigenvalue weighted by molar-refractivity contribution is 5.42. The van der Waals surface area contributed by atoms with Crippen molar-refractivity contribution in [2.24, 2.45) is 18.9 Å². The fourth-order valence-electron chi connectivity index (χ4n) is 4.52. The van der Waals surface area contributed by atoms with E-state index in [0.29, 0.717) is 5.92 Å². The summed E-state index contributed by atoms with van der Waals surface area (Å²) in [6.07, 6.45) is 7.47. The highest BCUT2D eigenvalue weighted by Gasteiger charge is 2.40. The van der Waals surface area contributed by atoms with Gasteiger partial charge in [0.25, 0.3) is 0 Å². The first-order valence-corrected chi connectivity index (χ1v) is 9.38. The van der Waals surface area contributed by atoms with Crippen molar-refractivity contribution in [3.63, 3.8) is 0 Å². The van der Waals surface area contributed by atoms with Crippen LogP contribution in [0, 0.1) is 11.8 Å². The molecule has 2 saturated heterocycles. The zero-order valence-electron chi connectivity index (χ0n) is 14.8. The minimum atomic E-state index is 0.672. The minimum absolute atomic E-state index is 0.672. The molecule has 132 valence electrons. The fraction of sp³-hybridized carbons (Fsp3) is 0.667. The molecule has 3 fully saturated rings. The van der Waals surface area contributed by atoms with E-state index in [9.17, 15) is 0 Å². The molecule has 4 heterocycles. The predicted octanol–water partition coefficient (Wildman–Crippen LogP) is 1.44. The topological polar surface area (TPSA) is 63.0 Å². The number of anilines is 1. The maximum atomic E-state index is 4.56. The Morgan fingerprint density at radius 1 is 1.08 bits per heavy atom. The maximum absolute atomic E-state index is 4.56. The van der Waals surface area contributed by atoms with Crippen molar-refractivity contribution in [1.82, 2.24) is 29.6 Å². The van der Waals surface area contributed by atoms with Gasteiger partial charge in [0.2, 0.25) is 0 Å². The van der Waals surface area contributed by atoms with E-state index in [4.69, 9.17) is 0 Å². The van der Waals surface area contributed by atoms with Crippen molar-refractivity contribution in [3.8, 4) is 0 Å². The van der Waals surface area contributed by atoms with Gasteiger partial charge in [-0.15, -0.1) is 10.2 Å². The largest absolute Gasteiger partial charge is 0.356 e. The fourth-order valence-corrected chi connectivity index (χ4v) is 4.52. The molecule has 25 heavy (non-hydrogen) atoms. The highest BCUT2D eigenvalue weighted by Crippen LogP contribution is 2.37. The van der Waals surface area contributed by atoms with Gasteiger partial charge in [-0.05, 0) is 24.7 Å². The monoisotopic (exact) mass is 339 g/mol. The molecule has 2 unspecified atom stereocenters. The highest BCUT2D eigenvalue weighted by atomic mass is 15.3. The van der Waals surface area contributed by atoms with Gasteiger partial charge in [0.05, 0.1) is 6.54 Å². The third kappa shape index (κ3) is 2.80. The van der Waals surface area contributed by atoms with Crippen molar-refractivity contribution >= 4 is 5.82 Å². The summed E-state index contributed by atoms with van der Waals surface area (Å²) in [6.45, 7) is 5.42. The molecule has 2 aromatic heterocycles. The van der Waals surface area contributed by atoms with Crippen molar-refractivity contribution in [3.05, 3.63) is 30.2 Å². The van der Waals surface area contributed by atoms with Gasteiger partial charge in [-0.2, -0.15) is 0 Å². The van der Waals surface area contributed by atoms with Crippen LogP contribution < -0.4 is 4.90 Å². The van der Waals surface area contributed by atoms with E-state index in [2.05, 4.69) is 36.0 Å².